The fourth-order valence-corrected chi connectivity index (χ4v) is 2.32. The van der Waals surface area contributed by atoms with Crippen LogP contribution in [0.3, 0.4) is 0 Å². The second-order valence-electron chi connectivity index (χ2n) is 5.42. The predicted molar refractivity (Wildman–Crippen MR) is 85.7 cm³/mol. The average molecular weight is 269 g/mol. The maximum Gasteiger partial charge on any atom is 0.118 e. The van der Waals surface area contributed by atoms with Crippen LogP contribution in [0, 0.1) is 13.8 Å². The van der Waals surface area contributed by atoms with E-state index in [-0.39, 0.29) is 0 Å². The second kappa shape index (κ2) is 6.47. The summed E-state index contributed by atoms with van der Waals surface area (Å²) in [6.45, 7) is 6.48. The molecule has 1 N–H and O–H groups in total. The maximum atomic E-state index is 5.18. The van der Waals surface area contributed by atoms with Crippen LogP contribution in [-0.2, 0) is 6.42 Å². The highest BCUT2D eigenvalue weighted by molar-refractivity contribution is 5.53. The van der Waals surface area contributed by atoms with Crippen LogP contribution in [0.15, 0.2) is 42.5 Å². The number of hydrogen-bond donors (Lipinski definition) is 1. The number of benzene rings is 2. The molecule has 106 valence electrons. The molecule has 2 heteroatoms. The number of nitrogens with one attached hydrogen (secondary N) is 1. The van der Waals surface area contributed by atoms with Crippen LogP contribution in [0.2, 0.25) is 0 Å². The molecule has 0 aromatic heterocycles. The Labute approximate surface area is 121 Å². The Bertz CT molecular complexity index is 560. The summed E-state index contributed by atoms with van der Waals surface area (Å²) in [7, 11) is 1.69. The van der Waals surface area contributed by atoms with Gasteiger partial charge in [0.1, 0.15) is 5.75 Å². The summed E-state index contributed by atoms with van der Waals surface area (Å²) in [5, 5.41) is 3.60. The first-order chi connectivity index (χ1) is 9.58. The van der Waals surface area contributed by atoms with Gasteiger partial charge in [-0.25, -0.2) is 0 Å². The average Bonchev–Trinajstić information content (AvgIpc) is 2.43. The van der Waals surface area contributed by atoms with Gasteiger partial charge in [-0.15, -0.1) is 0 Å². The summed E-state index contributed by atoms with van der Waals surface area (Å²) in [5.74, 6) is 0.906. The maximum absolute atomic E-state index is 5.18. The van der Waals surface area contributed by atoms with Gasteiger partial charge in [-0.05, 0) is 62.1 Å². The Morgan fingerprint density at radius 2 is 1.75 bits per heavy atom. The fraction of sp³-hybridized carbons (Fsp3) is 0.333. The van der Waals surface area contributed by atoms with Crippen LogP contribution in [-0.4, -0.2) is 13.2 Å². The first kappa shape index (κ1) is 14.4. The molecule has 0 aliphatic rings. The summed E-state index contributed by atoms with van der Waals surface area (Å²) >= 11 is 0. The second-order valence-corrected chi connectivity index (χ2v) is 5.42. The molecule has 1 unspecified atom stereocenters. The van der Waals surface area contributed by atoms with Gasteiger partial charge in [-0.1, -0.05) is 24.3 Å². The Hall–Kier alpha value is -1.96. The van der Waals surface area contributed by atoms with E-state index < -0.39 is 0 Å². The molecule has 0 aliphatic heterocycles. The predicted octanol–water partition coefficient (Wildman–Crippen LogP) is 4.36. The Morgan fingerprint density at radius 1 is 1.05 bits per heavy atom. The molecule has 1 atom stereocenters. The van der Waals surface area contributed by atoms with Crippen molar-refractivity contribution >= 4 is 5.69 Å². The van der Waals surface area contributed by atoms with E-state index in [4.69, 9.17) is 4.74 Å². The Morgan fingerprint density at radius 3 is 2.40 bits per heavy atom. The van der Waals surface area contributed by atoms with Gasteiger partial charge < -0.3 is 10.1 Å². The van der Waals surface area contributed by atoms with Crippen LogP contribution in [0.4, 0.5) is 5.69 Å². The molecule has 0 spiro atoms. The number of rotatable bonds is 5. The van der Waals surface area contributed by atoms with Gasteiger partial charge in [0.25, 0.3) is 0 Å². The molecule has 0 aliphatic carbocycles. The summed E-state index contributed by atoms with van der Waals surface area (Å²) in [6, 6.07) is 15.2. The highest BCUT2D eigenvalue weighted by Crippen LogP contribution is 2.19. The van der Waals surface area contributed by atoms with Gasteiger partial charge >= 0.3 is 0 Å². The van der Waals surface area contributed by atoms with Gasteiger partial charge in [-0.2, -0.15) is 0 Å². The molecule has 0 bridgehead atoms. The molecule has 0 saturated carbocycles. The molecule has 0 fully saturated rings. The molecular formula is C18H23NO. The van der Waals surface area contributed by atoms with E-state index in [0.29, 0.717) is 6.04 Å². The van der Waals surface area contributed by atoms with Crippen LogP contribution >= 0.6 is 0 Å². The number of hydrogen-bond acceptors (Lipinski definition) is 2. The molecule has 2 aromatic rings. The molecule has 2 aromatic carbocycles. The number of anilines is 1. The van der Waals surface area contributed by atoms with E-state index in [0.717, 1.165) is 12.2 Å². The van der Waals surface area contributed by atoms with Gasteiger partial charge in [0.05, 0.1) is 7.11 Å². The van der Waals surface area contributed by atoms with E-state index in [9.17, 15) is 0 Å². The lowest BCUT2D eigenvalue weighted by molar-refractivity contribution is 0.414. The first-order valence-corrected chi connectivity index (χ1v) is 7.05. The van der Waals surface area contributed by atoms with Crippen molar-refractivity contribution in [2.24, 2.45) is 0 Å². The largest absolute Gasteiger partial charge is 0.497 e. The lowest BCUT2D eigenvalue weighted by Gasteiger charge is -2.18. The van der Waals surface area contributed by atoms with Crippen LogP contribution in [0.5, 0.6) is 5.75 Å². The Kier molecular flexibility index (Phi) is 4.67. The van der Waals surface area contributed by atoms with E-state index in [1.165, 1.54) is 22.4 Å². The van der Waals surface area contributed by atoms with Crippen LogP contribution in [0.25, 0.3) is 0 Å². The van der Waals surface area contributed by atoms with Crippen molar-refractivity contribution in [3.63, 3.8) is 0 Å². The number of methoxy groups -OCH3 is 1. The fourth-order valence-electron chi connectivity index (χ4n) is 2.32. The number of aryl methyl sites for hydroxylation is 2. The molecule has 20 heavy (non-hydrogen) atoms. The molecule has 0 radical (unpaired) electrons. The minimum atomic E-state index is 0.392. The minimum absolute atomic E-state index is 0.392. The highest BCUT2D eigenvalue weighted by Gasteiger charge is 2.06. The molecular weight excluding hydrogens is 246 g/mol. The summed E-state index contributed by atoms with van der Waals surface area (Å²) in [4.78, 5) is 0. The van der Waals surface area contributed by atoms with Crippen molar-refractivity contribution in [3.8, 4) is 5.75 Å². The van der Waals surface area contributed by atoms with Crippen LogP contribution in [0.1, 0.15) is 23.6 Å². The quantitative estimate of drug-likeness (QED) is 0.871. The minimum Gasteiger partial charge on any atom is -0.497 e. The first-order valence-electron chi connectivity index (χ1n) is 7.05. The lowest BCUT2D eigenvalue weighted by Crippen LogP contribution is -2.18. The topological polar surface area (TPSA) is 21.3 Å². The van der Waals surface area contributed by atoms with Crippen LogP contribution < -0.4 is 10.1 Å². The van der Waals surface area contributed by atoms with Crippen molar-refractivity contribution in [2.45, 2.75) is 33.2 Å². The zero-order valence-corrected chi connectivity index (χ0v) is 12.7. The molecule has 0 heterocycles. The molecule has 0 saturated heterocycles. The third-order valence-corrected chi connectivity index (χ3v) is 3.50. The van der Waals surface area contributed by atoms with Gasteiger partial charge in [0, 0.05) is 11.7 Å². The zero-order chi connectivity index (χ0) is 14.5. The Balaban J connectivity index is 2.00. The van der Waals surface area contributed by atoms with Crippen molar-refractivity contribution in [3.05, 3.63) is 59.2 Å². The van der Waals surface area contributed by atoms with E-state index in [2.05, 4.69) is 56.4 Å². The summed E-state index contributed by atoms with van der Waals surface area (Å²) in [5.41, 5.74) is 5.12. The van der Waals surface area contributed by atoms with E-state index in [1.54, 1.807) is 7.11 Å². The van der Waals surface area contributed by atoms with E-state index >= 15 is 0 Å². The van der Waals surface area contributed by atoms with Gasteiger partial charge in [-0.3, -0.25) is 0 Å². The summed E-state index contributed by atoms with van der Waals surface area (Å²) in [6.07, 6.45) is 0.997. The van der Waals surface area contributed by atoms with E-state index in [1.807, 2.05) is 12.1 Å². The third-order valence-electron chi connectivity index (χ3n) is 3.50. The summed E-state index contributed by atoms with van der Waals surface area (Å²) < 4.78 is 5.18. The van der Waals surface area contributed by atoms with Crippen molar-refractivity contribution in [1.29, 1.82) is 0 Å². The van der Waals surface area contributed by atoms with Gasteiger partial charge in [0.15, 0.2) is 0 Å². The molecule has 2 rings (SSSR count). The SMILES string of the molecule is COc1ccc(CC(C)Nc2cc(C)ccc2C)cc1. The lowest BCUT2D eigenvalue weighted by atomic mass is 10.1. The van der Waals surface area contributed by atoms with Crippen molar-refractivity contribution in [2.75, 3.05) is 12.4 Å². The standard InChI is InChI=1S/C18H23NO/c1-13-5-6-14(2)18(11-13)19-15(3)12-16-7-9-17(20-4)10-8-16/h5-11,15,19H,12H2,1-4H3. The monoisotopic (exact) mass is 269 g/mol. The molecule has 2 nitrogen and oxygen atoms in total. The van der Waals surface area contributed by atoms with Crippen molar-refractivity contribution in [1.82, 2.24) is 0 Å². The van der Waals surface area contributed by atoms with Crippen molar-refractivity contribution < 1.29 is 4.74 Å². The van der Waals surface area contributed by atoms with Gasteiger partial charge in [0.2, 0.25) is 0 Å². The normalized spacial score (nSPS) is 12.0. The third kappa shape index (κ3) is 3.77. The number of ether oxygens (including phenoxy) is 1. The molecule has 0 amide bonds. The smallest absolute Gasteiger partial charge is 0.118 e. The zero-order valence-electron chi connectivity index (χ0n) is 12.7. The highest BCUT2D eigenvalue weighted by atomic mass is 16.5.